The number of nitrogens with one attached hydrogen (secondary N) is 1. The average Bonchev–Trinajstić information content (AvgIpc) is 3.37. The molecule has 1 aromatic carbocycles. The maximum Gasteiger partial charge on any atom is 0.228 e. The molecule has 0 saturated carbocycles. The van der Waals surface area contributed by atoms with E-state index >= 15 is 0 Å². The molecule has 28 heavy (non-hydrogen) atoms. The zero-order valence-corrected chi connectivity index (χ0v) is 17.8. The van der Waals surface area contributed by atoms with Crippen molar-refractivity contribution >= 4 is 23.2 Å². The van der Waals surface area contributed by atoms with Crippen molar-refractivity contribution in [3.8, 4) is 10.4 Å². The Morgan fingerprint density at radius 2 is 2.00 bits per heavy atom. The van der Waals surface area contributed by atoms with Gasteiger partial charge in [0.25, 0.3) is 0 Å². The highest BCUT2D eigenvalue weighted by atomic mass is 32.1. The summed E-state index contributed by atoms with van der Waals surface area (Å²) in [7, 11) is 0. The smallest absolute Gasteiger partial charge is 0.228 e. The van der Waals surface area contributed by atoms with E-state index in [1.165, 1.54) is 16.0 Å². The Morgan fingerprint density at radius 3 is 2.68 bits per heavy atom. The Balaban J connectivity index is 1.91. The van der Waals surface area contributed by atoms with Crippen molar-refractivity contribution in [2.75, 3.05) is 19.6 Å². The largest absolute Gasteiger partial charge is 0.355 e. The van der Waals surface area contributed by atoms with Gasteiger partial charge in [-0.15, -0.1) is 11.3 Å². The molecule has 0 radical (unpaired) electrons. The maximum atomic E-state index is 13.3. The van der Waals surface area contributed by atoms with Crippen LogP contribution in [0.4, 0.5) is 0 Å². The Labute approximate surface area is 172 Å². The number of benzene rings is 1. The molecule has 1 atom stereocenters. The molecular weight excluding hydrogens is 368 g/mol. The standard InChI is InChI=1S/C23H30N2O2S/c1-4-21(26)25-12-11-23(16-25,22(27)24-15-17(2)3)14-18-8-5-6-9-19(18)20-10-7-13-28-20/h5-10,13,17H,4,11-12,14-16H2,1-3H3,(H,24,27)/t23-/m0/s1. The number of likely N-dealkylation sites (tertiary alicyclic amines) is 1. The van der Waals surface area contributed by atoms with Gasteiger partial charge < -0.3 is 10.2 Å². The lowest BCUT2D eigenvalue weighted by atomic mass is 9.78. The van der Waals surface area contributed by atoms with E-state index < -0.39 is 5.41 Å². The van der Waals surface area contributed by atoms with Crippen LogP contribution in [-0.4, -0.2) is 36.3 Å². The van der Waals surface area contributed by atoms with E-state index in [9.17, 15) is 9.59 Å². The summed E-state index contributed by atoms with van der Waals surface area (Å²) in [6.45, 7) is 7.90. The van der Waals surface area contributed by atoms with E-state index in [1.807, 2.05) is 24.0 Å². The third-order valence-corrected chi connectivity index (χ3v) is 6.40. The first-order valence-corrected chi connectivity index (χ1v) is 11.0. The van der Waals surface area contributed by atoms with Crippen LogP contribution in [-0.2, 0) is 16.0 Å². The molecule has 4 nitrogen and oxygen atoms in total. The molecule has 2 aromatic rings. The van der Waals surface area contributed by atoms with Gasteiger partial charge in [-0.25, -0.2) is 0 Å². The highest BCUT2D eigenvalue weighted by Gasteiger charge is 2.45. The topological polar surface area (TPSA) is 49.4 Å². The van der Waals surface area contributed by atoms with Crippen LogP contribution in [0.25, 0.3) is 10.4 Å². The van der Waals surface area contributed by atoms with Crippen LogP contribution >= 0.6 is 11.3 Å². The number of carbonyl (C=O) groups excluding carboxylic acids is 2. The van der Waals surface area contributed by atoms with Gasteiger partial charge in [0.1, 0.15) is 0 Å². The van der Waals surface area contributed by atoms with Gasteiger partial charge in [-0.3, -0.25) is 9.59 Å². The van der Waals surface area contributed by atoms with Crippen LogP contribution in [0.5, 0.6) is 0 Å². The fourth-order valence-electron chi connectivity index (χ4n) is 3.91. The van der Waals surface area contributed by atoms with Gasteiger partial charge in [-0.1, -0.05) is 51.1 Å². The summed E-state index contributed by atoms with van der Waals surface area (Å²) in [4.78, 5) is 28.7. The van der Waals surface area contributed by atoms with Crippen molar-refractivity contribution < 1.29 is 9.59 Å². The van der Waals surface area contributed by atoms with Crippen LogP contribution in [0.15, 0.2) is 41.8 Å². The fraction of sp³-hybridized carbons (Fsp3) is 0.478. The zero-order valence-electron chi connectivity index (χ0n) is 17.0. The average molecular weight is 399 g/mol. The van der Waals surface area contributed by atoms with E-state index in [4.69, 9.17) is 0 Å². The van der Waals surface area contributed by atoms with Gasteiger partial charge in [0.05, 0.1) is 5.41 Å². The molecule has 1 aromatic heterocycles. The van der Waals surface area contributed by atoms with Crippen molar-refractivity contribution in [3.05, 3.63) is 47.3 Å². The van der Waals surface area contributed by atoms with Crippen LogP contribution in [0.2, 0.25) is 0 Å². The molecule has 0 bridgehead atoms. The summed E-state index contributed by atoms with van der Waals surface area (Å²) in [6.07, 6.45) is 1.84. The van der Waals surface area contributed by atoms with Crippen LogP contribution < -0.4 is 5.32 Å². The predicted molar refractivity (Wildman–Crippen MR) is 115 cm³/mol. The Bertz CT molecular complexity index is 816. The second kappa shape index (κ2) is 8.91. The normalized spacial score (nSPS) is 19.2. The molecule has 150 valence electrons. The van der Waals surface area contributed by atoms with Gasteiger partial charge in [0.2, 0.25) is 11.8 Å². The summed E-state index contributed by atoms with van der Waals surface area (Å²) in [5, 5.41) is 5.22. The third kappa shape index (κ3) is 4.46. The van der Waals surface area contributed by atoms with Crippen LogP contribution in [0.3, 0.4) is 0 Å². The highest BCUT2D eigenvalue weighted by molar-refractivity contribution is 7.13. The second-order valence-electron chi connectivity index (χ2n) is 8.11. The molecule has 1 aliphatic rings. The van der Waals surface area contributed by atoms with Gasteiger partial charge in [0, 0.05) is 30.9 Å². The minimum Gasteiger partial charge on any atom is -0.355 e. The lowest BCUT2D eigenvalue weighted by Crippen LogP contribution is -2.46. The number of hydrogen-bond donors (Lipinski definition) is 1. The molecule has 1 aliphatic heterocycles. The van der Waals surface area contributed by atoms with E-state index in [1.54, 1.807) is 11.3 Å². The van der Waals surface area contributed by atoms with Crippen molar-refractivity contribution in [1.29, 1.82) is 0 Å². The minimum atomic E-state index is -0.562. The first-order chi connectivity index (χ1) is 13.4. The third-order valence-electron chi connectivity index (χ3n) is 5.49. The van der Waals surface area contributed by atoms with E-state index in [2.05, 4.69) is 48.8 Å². The number of carbonyl (C=O) groups is 2. The number of rotatable bonds is 7. The van der Waals surface area contributed by atoms with Crippen molar-refractivity contribution in [1.82, 2.24) is 10.2 Å². The summed E-state index contributed by atoms with van der Waals surface area (Å²) < 4.78 is 0. The Hall–Kier alpha value is -2.14. The number of hydrogen-bond acceptors (Lipinski definition) is 3. The van der Waals surface area contributed by atoms with Crippen LogP contribution in [0, 0.1) is 11.3 Å². The van der Waals surface area contributed by atoms with E-state index in [-0.39, 0.29) is 11.8 Å². The summed E-state index contributed by atoms with van der Waals surface area (Å²) >= 11 is 1.71. The molecule has 1 saturated heterocycles. The first kappa shape index (κ1) is 20.6. The second-order valence-corrected chi connectivity index (χ2v) is 9.06. The molecule has 2 heterocycles. The quantitative estimate of drug-likeness (QED) is 0.753. The van der Waals surface area contributed by atoms with Crippen molar-refractivity contribution in [2.24, 2.45) is 11.3 Å². The molecule has 0 aliphatic carbocycles. The van der Waals surface area contributed by atoms with Crippen LogP contribution in [0.1, 0.15) is 39.2 Å². The molecule has 5 heteroatoms. The Kier molecular flexibility index (Phi) is 6.55. The molecule has 1 N–H and O–H groups in total. The Morgan fingerprint density at radius 1 is 1.21 bits per heavy atom. The molecular formula is C23H30N2O2S. The number of nitrogens with zero attached hydrogens (tertiary/aromatic N) is 1. The van der Waals surface area contributed by atoms with Gasteiger partial charge in [0.15, 0.2) is 0 Å². The lowest BCUT2D eigenvalue weighted by Gasteiger charge is -2.29. The molecule has 2 amide bonds. The minimum absolute atomic E-state index is 0.0774. The maximum absolute atomic E-state index is 13.3. The lowest BCUT2D eigenvalue weighted by molar-refractivity contribution is -0.133. The predicted octanol–water partition coefficient (Wildman–Crippen LogP) is 4.36. The highest BCUT2D eigenvalue weighted by Crippen LogP contribution is 2.38. The molecule has 0 unspecified atom stereocenters. The van der Waals surface area contributed by atoms with Crippen molar-refractivity contribution in [2.45, 2.75) is 40.0 Å². The summed E-state index contributed by atoms with van der Waals surface area (Å²) in [5.41, 5.74) is 1.80. The zero-order chi connectivity index (χ0) is 20.1. The summed E-state index contributed by atoms with van der Waals surface area (Å²) in [5.74, 6) is 0.604. The SMILES string of the molecule is CCC(=O)N1CC[C@@](Cc2ccccc2-c2cccs2)(C(=O)NCC(C)C)C1. The number of thiophene rings is 1. The molecule has 1 fully saturated rings. The van der Waals surface area contributed by atoms with Crippen molar-refractivity contribution in [3.63, 3.8) is 0 Å². The van der Waals surface area contributed by atoms with E-state index in [0.717, 1.165) is 0 Å². The van der Waals surface area contributed by atoms with Gasteiger partial charge >= 0.3 is 0 Å². The monoisotopic (exact) mass is 398 g/mol. The first-order valence-electron chi connectivity index (χ1n) is 10.1. The molecule has 3 rings (SSSR count). The van der Waals surface area contributed by atoms with Gasteiger partial charge in [-0.05, 0) is 41.3 Å². The number of amides is 2. The summed E-state index contributed by atoms with van der Waals surface area (Å²) in [6, 6.07) is 12.5. The fourth-order valence-corrected chi connectivity index (χ4v) is 4.70. The molecule has 0 spiro atoms. The van der Waals surface area contributed by atoms with Gasteiger partial charge in [-0.2, -0.15) is 0 Å². The van der Waals surface area contributed by atoms with E-state index in [0.29, 0.717) is 44.8 Å².